The largest absolute Gasteiger partial charge is 0.271 e. The Bertz CT molecular complexity index is 416. The smallest absolute Gasteiger partial charge is 0.0738 e. The summed E-state index contributed by atoms with van der Waals surface area (Å²) in [5.74, 6) is 1.45. The van der Waals surface area contributed by atoms with Crippen LogP contribution in [0.1, 0.15) is 44.0 Å². The van der Waals surface area contributed by atoms with Crippen LogP contribution in [0.4, 0.5) is 0 Å². The Morgan fingerprint density at radius 1 is 1.44 bits per heavy atom. The highest BCUT2D eigenvalue weighted by atomic mass is 79.9. The van der Waals surface area contributed by atoms with Crippen molar-refractivity contribution in [3.05, 3.63) is 15.9 Å². The van der Waals surface area contributed by atoms with Gasteiger partial charge in [-0.3, -0.25) is 4.68 Å². The van der Waals surface area contributed by atoms with Gasteiger partial charge in [0.2, 0.25) is 0 Å². The van der Waals surface area contributed by atoms with Gasteiger partial charge < -0.3 is 0 Å². The quantitative estimate of drug-likeness (QED) is 0.746. The summed E-state index contributed by atoms with van der Waals surface area (Å²) in [5, 5.41) is 4.80. The minimum Gasteiger partial charge on any atom is -0.271 e. The van der Waals surface area contributed by atoms with Crippen LogP contribution in [-0.4, -0.2) is 15.2 Å². The minimum absolute atomic E-state index is 0.329. The number of alkyl halides is 1. The molecule has 2 nitrogen and oxygen atoms in total. The highest BCUT2D eigenvalue weighted by molar-refractivity contribution is 9.10. The maximum absolute atomic E-state index is 6.52. The molecule has 0 radical (unpaired) electrons. The fourth-order valence-electron chi connectivity index (χ4n) is 3.06. The van der Waals surface area contributed by atoms with Crippen LogP contribution in [0.3, 0.4) is 0 Å². The van der Waals surface area contributed by atoms with E-state index in [2.05, 4.69) is 28.0 Å². The van der Waals surface area contributed by atoms with Crippen molar-refractivity contribution >= 4 is 27.5 Å². The monoisotopic (exact) mass is 332 g/mol. The van der Waals surface area contributed by atoms with Crippen LogP contribution in [0.2, 0.25) is 0 Å². The van der Waals surface area contributed by atoms with E-state index in [9.17, 15) is 0 Å². The van der Waals surface area contributed by atoms with Crippen molar-refractivity contribution in [2.24, 2.45) is 18.9 Å². The summed E-state index contributed by atoms with van der Waals surface area (Å²) < 4.78 is 3.16. The fraction of sp³-hybridized carbons (Fsp3) is 0.786. The zero-order chi connectivity index (χ0) is 13.3. The van der Waals surface area contributed by atoms with E-state index in [1.807, 2.05) is 18.7 Å². The third-order valence-electron chi connectivity index (χ3n) is 4.29. The van der Waals surface area contributed by atoms with Crippen molar-refractivity contribution in [3.63, 3.8) is 0 Å². The van der Waals surface area contributed by atoms with E-state index in [4.69, 9.17) is 11.6 Å². The molecule has 1 aliphatic rings. The summed E-state index contributed by atoms with van der Waals surface area (Å²) in [7, 11) is 2.02. The molecule has 1 aromatic rings. The second-order valence-corrected chi connectivity index (χ2v) is 6.89. The summed E-state index contributed by atoms with van der Waals surface area (Å²) in [5.41, 5.74) is 2.36. The maximum Gasteiger partial charge on any atom is 0.0738 e. The van der Waals surface area contributed by atoms with Crippen molar-refractivity contribution in [1.82, 2.24) is 9.78 Å². The molecule has 3 atom stereocenters. The first kappa shape index (κ1) is 14.4. The van der Waals surface area contributed by atoms with Gasteiger partial charge in [-0.2, -0.15) is 5.10 Å². The lowest BCUT2D eigenvalue weighted by Crippen LogP contribution is -2.27. The molecule has 1 saturated carbocycles. The van der Waals surface area contributed by atoms with Gasteiger partial charge in [-0.1, -0.05) is 13.3 Å². The summed E-state index contributed by atoms with van der Waals surface area (Å²) in [6, 6.07) is 0. The molecule has 1 fully saturated rings. The van der Waals surface area contributed by atoms with Crippen LogP contribution in [0, 0.1) is 18.8 Å². The van der Waals surface area contributed by atoms with Gasteiger partial charge in [0.15, 0.2) is 0 Å². The Morgan fingerprint density at radius 2 is 2.17 bits per heavy atom. The Morgan fingerprint density at radius 3 is 2.72 bits per heavy atom. The average Bonchev–Trinajstić information content (AvgIpc) is 2.58. The first-order valence-corrected chi connectivity index (χ1v) is 8.07. The van der Waals surface area contributed by atoms with Gasteiger partial charge in [-0.05, 0) is 60.4 Å². The predicted molar refractivity (Wildman–Crippen MR) is 80.1 cm³/mol. The van der Waals surface area contributed by atoms with Crippen molar-refractivity contribution < 1.29 is 0 Å². The molecule has 0 aromatic carbocycles. The molecule has 102 valence electrons. The van der Waals surface area contributed by atoms with Gasteiger partial charge >= 0.3 is 0 Å². The van der Waals surface area contributed by atoms with E-state index in [-0.39, 0.29) is 0 Å². The second-order valence-electron chi connectivity index (χ2n) is 5.54. The summed E-state index contributed by atoms with van der Waals surface area (Å²) in [6.45, 7) is 4.34. The van der Waals surface area contributed by atoms with Gasteiger partial charge in [0, 0.05) is 12.4 Å². The van der Waals surface area contributed by atoms with Gasteiger partial charge in [0.25, 0.3) is 0 Å². The average molecular weight is 334 g/mol. The molecule has 0 aliphatic heterocycles. The Balaban J connectivity index is 2.11. The van der Waals surface area contributed by atoms with Crippen LogP contribution in [0.25, 0.3) is 0 Å². The lowest BCUT2D eigenvalue weighted by molar-refractivity contribution is 0.262. The van der Waals surface area contributed by atoms with Gasteiger partial charge in [-0.15, -0.1) is 11.6 Å². The standard InChI is InChI=1S/C14H22BrClN2/c1-4-10-5-6-12(16)11(7-10)8-13-14(15)9(2)17-18(13)3/h10-12H,4-8H2,1-3H3. The molecule has 0 saturated heterocycles. The number of halogens is 2. The number of rotatable bonds is 3. The molecule has 0 amide bonds. The first-order chi connectivity index (χ1) is 8.52. The van der Waals surface area contributed by atoms with Crippen LogP contribution < -0.4 is 0 Å². The highest BCUT2D eigenvalue weighted by Gasteiger charge is 2.30. The van der Waals surface area contributed by atoms with Crippen molar-refractivity contribution in [2.45, 2.75) is 51.3 Å². The molecule has 4 heteroatoms. The van der Waals surface area contributed by atoms with E-state index < -0.39 is 0 Å². The first-order valence-electron chi connectivity index (χ1n) is 6.85. The van der Waals surface area contributed by atoms with E-state index in [1.54, 1.807) is 0 Å². The molecule has 1 aromatic heterocycles. The lowest BCUT2D eigenvalue weighted by atomic mass is 9.78. The zero-order valence-corrected chi connectivity index (χ0v) is 13.8. The molecule has 0 spiro atoms. The molecule has 0 bridgehead atoms. The van der Waals surface area contributed by atoms with Crippen molar-refractivity contribution in [2.75, 3.05) is 0 Å². The van der Waals surface area contributed by atoms with E-state index >= 15 is 0 Å². The number of nitrogens with zero attached hydrogens (tertiary/aromatic N) is 2. The molecule has 18 heavy (non-hydrogen) atoms. The number of hydrogen-bond donors (Lipinski definition) is 0. The predicted octanol–water partition coefficient (Wildman–Crippen LogP) is 4.47. The van der Waals surface area contributed by atoms with Crippen LogP contribution in [-0.2, 0) is 13.5 Å². The van der Waals surface area contributed by atoms with E-state index in [0.29, 0.717) is 11.3 Å². The SMILES string of the molecule is CCC1CCC(Cl)C(Cc2c(Br)c(C)nn2C)C1. The molecule has 1 heterocycles. The van der Waals surface area contributed by atoms with Crippen molar-refractivity contribution in [3.8, 4) is 0 Å². The third-order valence-corrected chi connectivity index (χ3v) is 5.90. The zero-order valence-electron chi connectivity index (χ0n) is 11.4. The van der Waals surface area contributed by atoms with Gasteiger partial charge in [0.1, 0.15) is 0 Å². The summed E-state index contributed by atoms with van der Waals surface area (Å²) >= 11 is 10.2. The van der Waals surface area contributed by atoms with Gasteiger partial charge in [-0.25, -0.2) is 0 Å². The maximum atomic E-state index is 6.52. The highest BCUT2D eigenvalue weighted by Crippen LogP contribution is 2.37. The van der Waals surface area contributed by atoms with Crippen LogP contribution in [0.15, 0.2) is 4.47 Å². The molecular weight excluding hydrogens is 312 g/mol. The van der Waals surface area contributed by atoms with Gasteiger partial charge in [0.05, 0.1) is 15.9 Å². The Hall–Kier alpha value is -0.0200. The lowest BCUT2D eigenvalue weighted by Gasteiger charge is -2.32. The van der Waals surface area contributed by atoms with Crippen LogP contribution >= 0.6 is 27.5 Å². The molecule has 2 rings (SSSR count). The molecule has 0 N–H and O–H groups in total. The van der Waals surface area contributed by atoms with E-state index in [0.717, 1.165) is 22.5 Å². The number of hydrogen-bond acceptors (Lipinski definition) is 1. The molecular formula is C14H22BrClN2. The number of aryl methyl sites for hydroxylation is 2. The minimum atomic E-state index is 0.329. The topological polar surface area (TPSA) is 17.8 Å². The molecule has 1 aliphatic carbocycles. The summed E-state index contributed by atoms with van der Waals surface area (Å²) in [6.07, 6.45) is 6.06. The second kappa shape index (κ2) is 5.96. The fourth-order valence-corrected chi connectivity index (χ4v) is 3.87. The van der Waals surface area contributed by atoms with Crippen LogP contribution in [0.5, 0.6) is 0 Å². The Labute approximate surface area is 123 Å². The van der Waals surface area contributed by atoms with E-state index in [1.165, 1.54) is 31.4 Å². The normalized spacial score (nSPS) is 28.6. The number of aromatic nitrogens is 2. The summed E-state index contributed by atoms with van der Waals surface area (Å²) in [4.78, 5) is 0. The third kappa shape index (κ3) is 2.93. The van der Waals surface area contributed by atoms with Crippen molar-refractivity contribution in [1.29, 1.82) is 0 Å². The molecule has 3 unspecified atom stereocenters. The Kier molecular flexibility index (Phi) is 4.76.